The summed E-state index contributed by atoms with van der Waals surface area (Å²) < 4.78 is 39.1. The number of aromatic nitrogens is 2. The number of pyridine rings is 2. The number of hydrogen-bond donors (Lipinski definition) is 0. The summed E-state index contributed by atoms with van der Waals surface area (Å²) in [7, 11) is 0. The number of alkyl halides is 3. The molecule has 3 heterocycles. The molecular formula is C21H18F3N5. The van der Waals surface area contributed by atoms with E-state index >= 15 is 0 Å². The fourth-order valence-electron chi connectivity index (χ4n) is 3.69. The van der Waals surface area contributed by atoms with Crippen molar-refractivity contribution in [3.63, 3.8) is 0 Å². The summed E-state index contributed by atoms with van der Waals surface area (Å²) in [6.45, 7) is 2.84. The third-order valence-electron chi connectivity index (χ3n) is 5.09. The lowest BCUT2D eigenvalue weighted by molar-refractivity contribution is -0.137. The van der Waals surface area contributed by atoms with Gasteiger partial charge in [0, 0.05) is 49.6 Å². The van der Waals surface area contributed by atoms with Crippen molar-refractivity contribution in [2.45, 2.75) is 12.6 Å². The number of hydrogen-bond acceptors (Lipinski definition) is 5. The molecule has 0 bridgehead atoms. The summed E-state index contributed by atoms with van der Waals surface area (Å²) in [4.78, 5) is 12.7. The van der Waals surface area contributed by atoms with Gasteiger partial charge in [0.1, 0.15) is 11.9 Å². The maximum absolute atomic E-state index is 13.0. The van der Waals surface area contributed by atoms with Gasteiger partial charge in [0.25, 0.3) is 0 Å². The Morgan fingerprint density at radius 1 is 0.931 bits per heavy atom. The molecule has 0 N–H and O–H groups in total. The van der Waals surface area contributed by atoms with Gasteiger partial charge in [-0.3, -0.25) is 4.98 Å². The summed E-state index contributed by atoms with van der Waals surface area (Å²) in [5.41, 5.74) is 1.04. The van der Waals surface area contributed by atoms with E-state index in [-0.39, 0.29) is 0 Å². The van der Waals surface area contributed by atoms with E-state index in [2.05, 4.69) is 25.8 Å². The molecule has 1 aliphatic heterocycles. The van der Waals surface area contributed by atoms with Crippen molar-refractivity contribution < 1.29 is 13.2 Å². The lowest BCUT2D eigenvalue weighted by atomic mass is 10.1. The van der Waals surface area contributed by atoms with Crippen molar-refractivity contribution in [2.24, 2.45) is 0 Å². The summed E-state index contributed by atoms with van der Waals surface area (Å²) in [5.74, 6) is 0.672. The summed E-state index contributed by atoms with van der Waals surface area (Å²) in [5, 5.41) is 10.0. The average Bonchev–Trinajstić information content (AvgIpc) is 2.98. The predicted octanol–water partition coefficient (Wildman–Crippen LogP) is 4.24. The molecule has 0 radical (unpaired) electrons. The molecule has 4 rings (SSSR count). The molecule has 3 aromatic rings. The highest BCUT2D eigenvalue weighted by Crippen LogP contribution is 2.34. The maximum atomic E-state index is 13.0. The molecule has 1 saturated heterocycles. The van der Waals surface area contributed by atoms with Crippen molar-refractivity contribution in [1.29, 1.82) is 5.26 Å². The van der Waals surface area contributed by atoms with Gasteiger partial charge in [-0.15, -0.1) is 0 Å². The predicted molar refractivity (Wildman–Crippen MR) is 105 cm³/mol. The molecule has 8 heteroatoms. The van der Waals surface area contributed by atoms with Gasteiger partial charge in [-0.05, 0) is 36.8 Å². The van der Waals surface area contributed by atoms with Crippen LogP contribution in [0.2, 0.25) is 0 Å². The Hall–Kier alpha value is -3.34. The summed E-state index contributed by atoms with van der Waals surface area (Å²) in [6.07, 6.45) is -0.331. The van der Waals surface area contributed by atoms with Gasteiger partial charge in [0.15, 0.2) is 0 Å². The van der Waals surface area contributed by atoms with Crippen LogP contribution >= 0.6 is 0 Å². The van der Waals surface area contributed by atoms with Gasteiger partial charge in [0.2, 0.25) is 0 Å². The van der Waals surface area contributed by atoms with Crippen LogP contribution in [0.3, 0.4) is 0 Å². The number of nitrogens with zero attached hydrogens (tertiary/aromatic N) is 5. The third-order valence-corrected chi connectivity index (χ3v) is 5.09. The first-order chi connectivity index (χ1) is 14.0. The van der Waals surface area contributed by atoms with E-state index in [0.29, 0.717) is 35.4 Å². The van der Waals surface area contributed by atoms with Crippen molar-refractivity contribution in [3.8, 4) is 6.07 Å². The van der Waals surface area contributed by atoms with Crippen molar-refractivity contribution in [2.75, 3.05) is 36.0 Å². The fourth-order valence-corrected chi connectivity index (χ4v) is 3.69. The second kappa shape index (κ2) is 7.59. The molecule has 0 atom stereocenters. The van der Waals surface area contributed by atoms with Crippen LogP contribution in [0, 0.1) is 11.3 Å². The Morgan fingerprint density at radius 3 is 2.52 bits per heavy atom. The van der Waals surface area contributed by atoms with Crippen LogP contribution in [0.4, 0.5) is 24.7 Å². The molecule has 5 nitrogen and oxygen atoms in total. The van der Waals surface area contributed by atoms with Gasteiger partial charge in [-0.25, -0.2) is 4.98 Å². The van der Waals surface area contributed by atoms with Crippen LogP contribution in [0.15, 0.2) is 48.8 Å². The van der Waals surface area contributed by atoms with Gasteiger partial charge in [-0.1, -0.05) is 6.07 Å². The quantitative estimate of drug-likeness (QED) is 0.648. The van der Waals surface area contributed by atoms with Crippen LogP contribution in [-0.2, 0) is 6.18 Å². The maximum Gasteiger partial charge on any atom is 0.416 e. The number of nitriles is 1. The molecular weight excluding hydrogens is 379 g/mol. The second-order valence-electron chi connectivity index (χ2n) is 6.87. The SMILES string of the molecule is N#Cc1cccnc1N1CCCN(c2ccnc3cc(C(F)(F)F)ccc23)CC1. The standard InChI is InChI=1S/C21H18F3N5/c22-21(23,24)16-4-5-17-18(13-16)26-8-6-19(17)28-9-2-10-29(12-11-28)20-15(14-25)3-1-7-27-20/h1,3-8,13H,2,9-12H2. The number of rotatable bonds is 2. The van der Waals surface area contributed by atoms with Crippen molar-refractivity contribution >= 4 is 22.4 Å². The molecule has 29 heavy (non-hydrogen) atoms. The van der Waals surface area contributed by atoms with Crippen molar-refractivity contribution in [3.05, 3.63) is 59.9 Å². The van der Waals surface area contributed by atoms with Gasteiger partial charge in [0.05, 0.1) is 16.6 Å². The summed E-state index contributed by atoms with van der Waals surface area (Å²) in [6, 6.07) is 11.2. The number of halogens is 3. The van der Waals surface area contributed by atoms with E-state index in [4.69, 9.17) is 0 Å². The van der Waals surface area contributed by atoms with E-state index < -0.39 is 11.7 Å². The lowest BCUT2D eigenvalue weighted by Crippen LogP contribution is -2.31. The van der Waals surface area contributed by atoms with Crippen LogP contribution < -0.4 is 9.80 Å². The smallest absolute Gasteiger partial charge is 0.369 e. The fraction of sp³-hybridized carbons (Fsp3) is 0.286. The minimum Gasteiger partial charge on any atom is -0.369 e. The van der Waals surface area contributed by atoms with E-state index in [1.165, 1.54) is 6.07 Å². The molecule has 2 aromatic heterocycles. The van der Waals surface area contributed by atoms with E-state index in [9.17, 15) is 18.4 Å². The average molecular weight is 397 g/mol. The zero-order valence-electron chi connectivity index (χ0n) is 15.5. The molecule has 0 aliphatic carbocycles. The van der Waals surface area contributed by atoms with Crippen LogP contribution in [-0.4, -0.2) is 36.1 Å². The minimum atomic E-state index is -4.39. The number of benzene rings is 1. The lowest BCUT2D eigenvalue weighted by Gasteiger charge is -2.25. The van der Waals surface area contributed by atoms with Gasteiger partial charge >= 0.3 is 6.18 Å². The Labute approximate surface area is 166 Å². The number of anilines is 2. The highest BCUT2D eigenvalue weighted by Gasteiger charge is 2.31. The molecule has 1 aliphatic rings. The Kier molecular flexibility index (Phi) is 4.97. The molecule has 148 valence electrons. The third kappa shape index (κ3) is 3.81. The van der Waals surface area contributed by atoms with E-state index in [1.807, 2.05) is 6.07 Å². The molecule has 0 spiro atoms. The molecule has 1 fully saturated rings. The Balaban J connectivity index is 1.61. The molecule has 0 amide bonds. The van der Waals surface area contributed by atoms with Crippen LogP contribution in [0.25, 0.3) is 10.9 Å². The molecule has 1 aromatic carbocycles. The summed E-state index contributed by atoms with van der Waals surface area (Å²) >= 11 is 0. The zero-order chi connectivity index (χ0) is 20.4. The highest BCUT2D eigenvalue weighted by molar-refractivity contribution is 5.92. The minimum absolute atomic E-state index is 0.329. The van der Waals surface area contributed by atoms with Crippen molar-refractivity contribution in [1.82, 2.24) is 9.97 Å². The number of fused-ring (bicyclic) bond motifs is 1. The van der Waals surface area contributed by atoms with Gasteiger partial charge in [-0.2, -0.15) is 18.4 Å². The first-order valence-electron chi connectivity index (χ1n) is 9.28. The molecule has 0 saturated carbocycles. The largest absolute Gasteiger partial charge is 0.416 e. The molecule has 0 unspecified atom stereocenters. The first-order valence-corrected chi connectivity index (χ1v) is 9.28. The zero-order valence-corrected chi connectivity index (χ0v) is 15.5. The van der Waals surface area contributed by atoms with Crippen LogP contribution in [0.5, 0.6) is 0 Å². The topological polar surface area (TPSA) is 56.1 Å². The first kappa shape index (κ1) is 19.0. The monoisotopic (exact) mass is 397 g/mol. The van der Waals surface area contributed by atoms with E-state index in [0.717, 1.165) is 37.3 Å². The normalized spacial score (nSPS) is 15.2. The Morgan fingerprint density at radius 2 is 1.72 bits per heavy atom. The van der Waals surface area contributed by atoms with E-state index in [1.54, 1.807) is 24.5 Å². The van der Waals surface area contributed by atoms with Gasteiger partial charge < -0.3 is 9.80 Å². The second-order valence-corrected chi connectivity index (χ2v) is 6.87. The highest BCUT2D eigenvalue weighted by atomic mass is 19.4. The van der Waals surface area contributed by atoms with Crippen LogP contribution in [0.1, 0.15) is 17.5 Å². The Bertz CT molecular complexity index is 1070.